The molecule has 0 saturated heterocycles. The SMILES string of the molecule is CCCCCCC/C=C\C/C=C\CCCCCCCCCCCCCCCCCC(=O)OC(COC(=O)CCCCCCCCC)COC(=O)CCCCCCCCCCCCCCCCCCCCCCCCCCCCCCCC. The van der Waals surface area contributed by atoms with Crippen molar-refractivity contribution in [1.82, 2.24) is 0 Å². The summed E-state index contributed by atoms with van der Waals surface area (Å²) >= 11 is 0. The van der Waals surface area contributed by atoms with E-state index in [4.69, 9.17) is 14.2 Å². The second-order valence-electron chi connectivity index (χ2n) is 25.6. The van der Waals surface area contributed by atoms with Crippen molar-refractivity contribution in [2.45, 2.75) is 431 Å². The maximum atomic E-state index is 12.9. The fraction of sp³-hybridized carbons (Fsp3) is 0.908. The molecule has 0 bridgehead atoms. The lowest BCUT2D eigenvalue weighted by Crippen LogP contribution is -2.30. The Bertz CT molecular complexity index is 1320. The summed E-state index contributed by atoms with van der Waals surface area (Å²) in [4.78, 5) is 38.2. The van der Waals surface area contributed by atoms with Gasteiger partial charge in [0.05, 0.1) is 0 Å². The van der Waals surface area contributed by atoms with Crippen molar-refractivity contribution >= 4 is 17.9 Å². The van der Waals surface area contributed by atoms with Crippen LogP contribution in [-0.4, -0.2) is 37.2 Å². The van der Waals surface area contributed by atoms with E-state index in [0.29, 0.717) is 19.3 Å². The van der Waals surface area contributed by atoms with E-state index in [2.05, 4.69) is 45.1 Å². The topological polar surface area (TPSA) is 78.9 Å². The highest BCUT2D eigenvalue weighted by atomic mass is 16.6. The lowest BCUT2D eigenvalue weighted by Gasteiger charge is -2.18. The molecule has 0 saturated carbocycles. The van der Waals surface area contributed by atoms with Gasteiger partial charge in [-0.2, -0.15) is 0 Å². The minimum Gasteiger partial charge on any atom is -0.462 e. The fourth-order valence-corrected chi connectivity index (χ4v) is 11.6. The largest absolute Gasteiger partial charge is 0.462 e. The van der Waals surface area contributed by atoms with Crippen LogP contribution in [0.4, 0.5) is 0 Å². The van der Waals surface area contributed by atoms with Crippen LogP contribution in [0.15, 0.2) is 24.3 Å². The first-order valence-corrected chi connectivity index (χ1v) is 37.3. The zero-order valence-electron chi connectivity index (χ0n) is 55.8. The molecule has 484 valence electrons. The van der Waals surface area contributed by atoms with E-state index in [0.717, 1.165) is 64.2 Å². The molecule has 0 N–H and O–H groups in total. The zero-order valence-corrected chi connectivity index (χ0v) is 55.8. The van der Waals surface area contributed by atoms with Crippen LogP contribution in [0, 0.1) is 0 Å². The van der Waals surface area contributed by atoms with E-state index in [1.807, 2.05) is 0 Å². The number of carbonyl (C=O) groups excluding carboxylic acids is 3. The molecular formula is C76H144O6. The highest BCUT2D eigenvalue weighted by Crippen LogP contribution is 2.19. The third-order valence-electron chi connectivity index (χ3n) is 17.2. The van der Waals surface area contributed by atoms with Gasteiger partial charge in [-0.05, 0) is 51.4 Å². The molecule has 6 nitrogen and oxygen atoms in total. The molecule has 0 radical (unpaired) electrons. The quantitative estimate of drug-likeness (QED) is 0.0261. The van der Waals surface area contributed by atoms with Gasteiger partial charge in [0.1, 0.15) is 13.2 Å². The van der Waals surface area contributed by atoms with Gasteiger partial charge in [-0.25, -0.2) is 0 Å². The Kier molecular flexibility index (Phi) is 69.5. The third kappa shape index (κ3) is 68.7. The third-order valence-corrected chi connectivity index (χ3v) is 17.2. The standard InChI is InChI=1S/C76H144O6/c1-4-7-10-13-16-18-20-22-24-26-28-30-32-34-36-37-38-40-41-43-45-47-49-51-53-55-57-60-63-66-69-75(78)81-72-73(71-80-74(77)68-65-62-59-15-12-9-6-3)82-76(79)70-67-64-61-58-56-54-52-50-48-46-44-42-39-35-33-31-29-27-25-23-21-19-17-14-11-8-5-2/h21,23,27,29,73H,4-20,22,24-26,28,30-72H2,1-3H3/b23-21-,29-27-. The average Bonchev–Trinajstić information content (AvgIpc) is 3.48. The van der Waals surface area contributed by atoms with Gasteiger partial charge in [0, 0.05) is 19.3 Å². The predicted molar refractivity (Wildman–Crippen MR) is 358 cm³/mol. The summed E-state index contributed by atoms with van der Waals surface area (Å²) in [6.07, 6.45) is 88.4. The maximum Gasteiger partial charge on any atom is 0.306 e. The van der Waals surface area contributed by atoms with E-state index in [-0.39, 0.29) is 31.1 Å². The summed E-state index contributed by atoms with van der Waals surface area (Å²) in [5, 5.41) is 0. The number of esters is 3. The zero-order chi connectivity index (χ0) is 59.2. The minimum absolute atomic E-state index is 0.0646. The van der Waals surface area contributed by atoms with Crippen LogP contribution in [-0.2, 0) is 28.6 Å². The van der Waals surface area contributed by atoms with Crippen LogP contribution in [0.2, 0.25) is 0 Å². The average molecular weight is 1150 g/mol. The Morgan fingerprint density at radius 2 is 0.439 bits per heavy atom. The van der Waals surface area contributed by atoms with Gasteiger partial charge in [0.25, 0.3) is 0 Å². The molecular weight excluding hydrogens is 1010 g/mol. The van der Waals surface area contributed by atoms with E-state index < -0.39 is 6.10 Å². The summed E-state index contributed by atoms with van der Waals surface area (Å²) in [6.45, 7) is 6.67. The maximum absolute atomic E-state index is 12.9. The smallest absolute Gasteiger partial charge is 0.306 e. The molecule has 0 spiro atoms. The molecule has 0 aromatic heterocycles. The van der Waals surface area contributed by atoms with Crippen molar-refractivity contribution in [3.05, 3.63) is 24.3 Å². The van der Waals surface area contributed by atoms with Crippen molar-refractivity contribution in [1.29, 1.82) is 0 Å². The van der Waals surface area contributed by atoms with Gasteiger partial charge in [0.2, 0.25) is 0 Å². The lowest BCUT2D eigenvalue weighted by molar-refractivity contribution is -0.167. The van der Waals surface area contributed by atoms with Gasteiger partial charge < -0.3 is 14.2 Å². The first kappa shape index (κ1) is 79.9. The molecule has 0 aliphatic carbocycles. The first-order chi connectivity index (χ1) is 40.5. The van der Waals surface area contributed by atoms with Gasteiger partial charge in [-0.15, -0.1) is 0 Å². The molecule has 1 unspecified atom stereocenters. The van der Waals surface area contributed by atoms with Gasteiger partial charge >= 0.3 is 17.9 Å². The number of ether oxygens (including phenoxy) is 3. The highest BCUT2D eigenvalue weighted by molar-refractivity contribution is 5.71. The van der Waals surface area contributed by atoms with Crippen molar-refractivity contribution in [3.8, 4) is 0 Å². The van der Waals surface area contributed by atoms with Crippen molar-refractivity contribution < 1.29 is 28.6 Å². The Balaban J connectivity index is 3.97. The molecule has 0 heterocycles. The Hall–Kier alpha value is -2.11. The summed E-state index contributed by atoms with van der Waals surface area (Å²) < 4.78 is 16.9. The monoisotopic (exact) mass is 1150 g/mol. The molecule has 0 aromatic rings. The Morgan fingerprint density at radius 3 is 0.671 bits per heavy atom. The number of carbonyl (C=O) groups is 3. The molecule has 0 aliphatic rings. The summed E-state index contributed by atoms with van der Waals surface area (Å²) in [5.74, 6) is -0.840. The fourth-order valence-electron chi connectivity index (χ4n) is 11.6. The van der Waals surface area contributed by atoms with Crippen LogP contribution in [0.1, 0.15) is 425 Å². The van der Waals surface area contributed by atoms with Gasteiger partial charge in [-0.1, -0.05) is 379 Å². The number of hydrogen-bond acceptors (Lipinski definition) is 6. The van der Waals surface area contributed by atoms with Crippen molar-refractivity contribution in [3.63, 3.8) is 0 Å². The molecule has 0 fully saturated rings. The highest BCUT2D eigenvalue weighted by Gasteiger charge is 2.20. The number of rotatable bonds is 70. The number of unbranched alkanes of at least 4 members (excludes halogenated alkanes) is 55. The van der Waals surface area contributed by atoms with Crippen LogP contribution in [0.25, 0.3) is 0 Å². The van der Waals surface area contributed by atoms with Gasteiger partial charge in [-0.3, -0.25) is 14.4 Å². The number of hydrogen-bond donors (Lipinski definition) is 0. The van der Waals surface area contributed by atoms with Gasteiger partial charge in [0.15, 0.2) is 6.10 Å². The Morgan fingerprint density at radius 1 is 0.244 bits per heavy atom. The van der Waals surface area contributed by atoms with Crippen LogP contribution >= 0.6 is 0 Å². The molecule has 0 rings (SSSR count). The first-order valence-electron chi connectivity index (χ1n) is 37.3. The van der Waals surface area contributed by atoms with Crippen molar-refractivity contribution in [2.75, 3.05) is 13.2 Å². The molecule has 0 amide bonds. The summed E-state index contributed by atoms with van der Waals surface area (Å²) in [7, 11) is 0. The number of allylic oxidation sites excluding steroid dienone is 4. The molecule has 0 aliphatic heterocycles. The minimum atomic E-state index is -0.766. The van der Waals surface area contributed by atoms with Crippen molar-refractivity contribution in [2.24, 2.45) is 0 Å². The van der Waals surface area contributed by atoms with E-state index in [1.54, 1.807) is 0 Å². The second-order valence-corrected chi connectivity index (χ2v) is 25.6. The molecule has 1 atom stereocenters. The summed E-state index contributed by atoms with van der Waals surface area (Å²) in [5.41, 5.74) is 0. The van der Waals surface area contributed by atoms with Crippen LogP contribution in [0.5, 0.6) is 0 Å². The molecule has 0 aromatic carbocycles. The molecule has 6 heteroatoms. The summed E-state index contributed by atoms with van der Waals surface area (Å²) in [6, 6.07) is 0. The molecule has 82 heavy (non-hydrogen) atoms. The van der Waals surface area contributed by atoms with E-state index in [9.17, 15) is 14.4 Å². The lowest BCUT2D eigenvalue weighted by atomic mass is 10.0. The second kappa shape index (κ2) is 71.4. The normalized spacial score (nSPS) is 12.1. The Labute approximate surface area is 513 Å². The van der Waals surface area contributed by atoms with Crippen LogP contribution in [0.3, 0.4) is 0 Å². The van der Waals surface area contributed by atoms with Crippen LogP contribution < -0.4 is 0 Å². The van der Waals surface area contributed by atoms with E-state index >= 15 is 0 Å². The van der Waals surface area contributed by atoms with E-state index in [1.165, 1.54) is 321 Å². The predicted octanol–water partition coefficient (Wildman–Crippen LogP) is 25.7.